The van der Waals surface area contributed by atoms with E-state index in [0.29, 0.717) is 22.6 Å². The molecule has 8 nitrogen and oxygen atoms in total. The Labute approximate surface area is 154 Å². The van der Waals surface area contributed by atoms with Crippen molar-refractivity contribution >= 4 is 54.1 Å². The molecule has 3 rings (SSSR count). The summed E-state index contributed by atoms with van der Waals surface area (Å²) in [6, 6.07) is 11.7. The summed E-state index contributed by atoms with van der Waals surface area (Å²) in [5.74, 6) is 0.699. The third-order valence-corrected chi connectivity index (χ3v) is 4.89. The Hall–Kier alpha value is -2.85. The molecule has 1 heterocycles. The molecule has 2 amide bonds. The molecular formula is C16H16N4O4S2. The van der Waals surface area contributed by atoms with Crippen LogP contribution >= 0.6 is 11.3 Å². The molecule has 0 radical (unpaired) electrons. The maximum atomic E-state index is 12.1. The number of nitrogens with one attached hydrogen (secondary N) is 3. The summed E-state index contributed by atoms with van der Waals surface area (Å²) < 4.78 is 30.7. The van der Waals surface area contributed by atoms with Crippen molar-refractivity contribution in [2.45, 2.75) is 0 Å². The highest BCUT2D eigenvalue weighted by Crippen LogP contribution is 2.29. The predicted molar refractivity (Wildman–Crippen MR) is 104 cm³/mol. The molecule has 1 aromatic heterocycles. The van der Waals surface area contributed by atoms with Crippen molar-refractivity contribution in [2.75, 3.05) is 28.7 Å². The SMILES string of the molecule is COc1ccc(NC(=O)Nc2ccc3nc(NS(C)(=O)=O)sc3c2)cc1. The van der Waals surface area contributed by atoms with Crippen LogP contribution in [0.15, 0.2) is 42.5 Å². The summed E-state index contributed by atoms with van der Waals surface area (Å²) in [5.41, 5.74) is 1.84. The summed E-state index contributed by atoms with van der Waals surface area (Å²) in [6.45, 7) is 0. The zero-order valence-corrected chi connectivity index (χ0v) is 15.6. The molecule has 0 unspecified atom stereocenters. The molecule has 0 bridgehead atoms. The van der Waals surface area contributed by atoms with Crippen LogP contribution in [0, 0.1) is 0 Å². The number of fused-ring (bicyclic) bond motifs is 1. The Morgan fingerprint density at radius 3 is 2.38 bits per heavy atom. The highest BCUT2D eigenvalue weighted by atomic mass is 32.2. The van der Waals surface area contributed by atoms with Gasteiger partial charge in [-0.25, -0.2) is 18.2 Å². The van der Waals surface area contributed by atoms with Crippen LogP contribution in [0.4, 0.5) is 21.3 Å². The fourth-order valence-corrected chi connectivity index (χ4v) is 3.91. The van der Waals surface area contributed by atoms with Crippen LogP contribution < -0.4 is 20.1 Å². The minimum atomic E-state index is -3.38. The van der Waals surface area contributed by atoms with Gasteiger partial charge in [-0.05, 0) is 42.5 Å². The maximum Gasteiger partial charge on any atom is 0.323 e. The topological polar surface area (TPSA) is 109 Å². The molecule has 0 saturated heterocycles. The molecule has 3 aromatic rings. The van der Waals surface area contributed by atoms with Crippen molar-refractivity contribution < 1.29 is 17.9 Å². The molecule has 0 fully saturated rings. The number of hydrogen-bond donors (Lipinski definition) is 3. The van der Waals surface area contributed by atoms with Crippen LogP contribution in [0.1, 0.15) is 0 Å². The number of methoxy groups -OCH3 is 1. The molecule has 2 aromatic carbocycles. The van der Waals surface area contributed by atoms with Gasteiger partial charge >= 0.3 is 6.03 Å². The lowest BCUT2D eigenvalue weighted by atomic mass is 10.3. The summed E-state index contributed by atoms with van der Waals surface area (Å²) in [7, 11) is -1.81. The van der Waals surface area contributed by atoms with Gasteiger partial charge in [0.2, 0.25) is 10.0 Å². The molecule has 0 spiro atoms. The molecule has 0 aliphatic rings. The van der Waals surface area contributed by atoms with Gasteiger partial charge in [-0.1, -0.05) is 11.3 Å². The molecule has 0 atom stereocenters. The van der Waals surface area contributed by atoms with Crippen LogP contribution in [-0.4, -0.2) is 32.8 Å². The number of carbonyl (C=O) groups excluding carboxylic acids is 1. The Bertz CT molecular complexity index is 1050. The first-order chi connectivity index (χ1) is 12.3. The van der Waals surface area contributed by atoms with Gasteiger partial charge in [0.1, 0.15) is 5.75 Å². The number of hydrogen-bond acceptors (Lipinski definition) is 6. The number of urea groups is 1. The van der Waals surface area contributed by atoms with Gasteiger partial charge in [-0.15, -0.1) is 0 Å². The molecular weight excluding hydrogens is 376 g/mol. The first-order valence-corrected chi connectivity index (χ1v) is 10.1. The minimum absolute atomic E-state index is 0.280. The average Bonchev–Trinajstić information content (AvgIpc) is 2.94. The number of thiazole rings is 1. The zero-order chi connectivity index (χ0) is 18.7. The van der Waals surface area contributed by atoms with Crippen LogP contribution in [0.5, 0.6) is 5.75 Å². The summed E-state index contributed by atoms with van der Waals surface area (Å²) in [4.78, 5) is 16.3. The van der Waals surface area contributed by atoms with Gasteiger partial charge in [-0.2, -0.15) is 0 Å². The van der Waals surface area contributed by atoms with E-state index >= 15 is 0 Å². The highest BCUT2D eigenvalue weighted by molar-refractivity contribution is 7.92. The average molecular weight is 392 g/mol. The van der Waals surface area contributed by atoms with E-state index in [1.807, 2.05) is 0 Å². The van der Waals surface area contributed by atoms with Crippen molar-refractivity contribution in [3.63, 3.8) is 0 Å². The lowest BCUT2D eigenvalue weighted by molar-refractivity contribution is 0.262. The summed E-state index contributed by atoms with van der Waals surface area (Å²) in [5, 5.41) is 5.72. The van der Waals surface area contributed by atoms with Crippen molar-refractivity contribution in [3.05, 3.63) is 42.5 Å². The first-order valence-electron chi connectivity index (χ1n) is 7.43. The second-order valence-corrected chi connectivity index (χ2v) is 8.16. The molecule has 10 heteroatoms. The number of sulfonamides is 1. The number of nitrogens with zero attached hydrogens (tertiary/aromatic N) is 1. The summed E-state index contributed by atoms with van der Waals surface area (Å²) >= 11 is 1.19. The van der Waals surface area contributed by atoms with E-state index < -0.39 is 16.1 Å². The predicted octanol–water partition coefficient (Wildman–Crippen LogP) is 3.32. The van der Waals surface area contributed by atoms with Crippen LogP contribution in [-0.2, 0) is 10.0 Å². The van der Waals surface area contributed by atoms with Gasteiger partial charge in [0, 0.05) is 11.4 Å². The number of aromatic nitrogens is 1. The van der Waals surface area contributed by atoms with E-state index in [1.54, 1.807) is 49.6 Å². The zero-order valence-electron chi connectivity index (χ0n) is 13.9. The Kier molecular flexibility index (Phi) is 4.96. The normalized spacial score (nSPS) is 11.2. The molecule has 0 saturated carbocycles. The lowest BCUT2D eigenvalue weighted by Gasteiger charge is -2.08. The van der Waals surface area contributed by atoms with Crippen LogP contribution in [0.2, 0.25) is 0 Å². The van der Waals surface area contributed by atoms with Crippen molar-refractivity contribution in [3.8, 4) is 5.75 Å². The highest BCUT2D eigenvalue weighted by Gasteiger charge is 2.10. The third kappa shape index (κ3) is 4.61. The lowest BCUT2D eigenvalue weighted by Crippen LogP contribution is -2.19. The van der Waals surface area contributed by atoms with E-state index in [1.165, 1.54) is 11.3 Å². The van der Waals surface area contributed by atoms with Crippen LogP contribution in [0.25, 0.3) is 10.2 Å². The fourth-order valence-electron chi connectivity index (χ4n) is 2.17. The number of benzene rings is 2. The molecule has 26 heavy (non-hydrogen) atoms. The summed E-state index contributed by atoms with van der Waals surface area (Å²) in [6.07, 6.45) is 1.07. The van der Waals surface area contributed by atoms with Gasteiger partial charge in [-0.3, -0.25) is 4.72 Å². The van der Waals surface area contributed by atoms with Gasteiger partial charge in [0.05, 0.1) is 23.6 Å². The molecule has 0 aliphatic heterocycles. The van der Waals surface area contributed by atoms with Gasteiger partial charge in [0.25, 0.3) is 0 Å². The van der Waals surface area contributed by atoms with E-state index in [2.05, 4.69) is 20.3 Å². The standard InChI is InChI=1S/C16H16N4O4S2/c1-24-12-6-3-10(4-7-12)17-15(21)18-11-5-8-13-14(9-11)25-16(19-13)20-26(2,22)23/h3-9H,1-2H3,(H,19,20)(H2,17,18,21). The Balaban J connectivity index is 1.70. The smallest absolute Gasteiger partial charge is 0.323 e. The number of ether oxygens (including phenoxy) is 1. The number of amides is 2. The molecule has 136 valence electrons. The van der Waals surface area contributed by atoms with E-state index in [0.717, 1.165) is 11.0 Å². The molecule has 0 aliphatic carbocycles. The Morgan fingerprint density at radius 2 is 1.73 bits per heavy atom. The fraction of sp³-hybridized carbons (Fsp3) is 0.125. The van der Waals surface area contributed by atoms with Gasteiger partial charge < -0.3 is 15.4 Å². The minimum Gasteiger partial charge on any atom is -0.497 e. The van der Waals surface area contributed by atoms with E-state index in [9.17, 15) is 13.2 Å². The van der Waals surface area contributed by atoms with Crippen molar-refractivity contribution in [1.82, 2.24) is 4.98 Å². The van der Waals surface area contributed by atoms with E-state index in [4.69, 9.17) is 4.74 Å². The quantitative estimate of drug-likeness (QED) is 0.617. The second-order valence-electron chi connectivity index (χ2n) is 5.38. The maximum absolute atomic E-state index is 12.1. The number of rotatable bonds is 5. The first kappa shape index (κ1) is 18.0. The second kappa shape index (κ2) is 7.18. The van der Waals surface area contributed by atoms with Crippen molar-refractivity contribution in [2.24, 2.45) is 0 Å². The Morgan fingerprint density at radius 1 is 1.08 bits per heavy atom. The third-order valence-electron chi connectivity index (χ3n) is 3.27. The molecule has 3 N–H and O–H groups in total. The van der Waals surface area contributed by atoms with Gasteiger partial charge in [0.15, 0.2) is 5.13 Å². The largest absolute Gasteiger partial charge is 0.497 e. The van der Waals surface area contributed by atoms with E-state index in [-0.39, 0.29) is 5.13 Å². The monoisotopic (exact) mass is 392 g/mol. The van der Waals surface area contributed by atoms with Crippen molar-refractivity contribution in [1.29, 1.82) is 0 Å². The van der Waals surface area contributed by atoms with Crippen LogP contribution in [0.3, 0.4) is 0 Å². The number of anilines is 3. The number of carbonyl (C=O) groups is 1.